The molecule has 3 nitrogen and oxygen atoms in total. The zero-order chi connectivity index (χ0) is 15.4. The molecule has 0 aliphatic carbocycles. The summed E-state index contributed by atoms with van der Waals surface area (Å²) in [7, 11) is 0. The van der Waals surface area contributed by atoms with Crippen LogP contribution in [0.15, 0.2) is 42.5 Å². The molecule has 1 fully saturated rings. The molecule has 2 N–H and O–H groups in total. The predicted octanol–water partition coefficient (Wildman–Crippen LogP) is 3.16. The minimum absolute atomic E-state index is 0.206. The molecule has 0 unspecified atom stereocenters. The van der Waals surface area contributed by atoms with Crippen molar-refractivity contribution < 1.29 is 4.39 Å². The molecule has 0 spiro atoms. The molecule has 2 aromatic carbocycles. The van der Waals surface area contributed by atoms with E-state index in [9.17, 15) is 4.39 Å². The van der Waals surface area contributed by atoms with Gasteiger partial charge < -0.3 is 15.5 Å². The van der Waals surface area contributed by atoms with E-state index in [-0.39, 0.29) is 5.82 Å². The molecule has 4 heteroatoms. The second kappa shape index (κ2) is 6.79. The largest absolute Gasteiger partial charge is 0.381 e. The van der Waals surface area contributed by atoms with Crippen molar-refractivity contribution in [1.29, 1.82) is 0 Å². The van der Waals surface area contributed by atoms with Crippen molar-refractivity contribution in [3.05, 3.63) is 59.4 Å². The van der Waals surface area contributed by atoms with E-state index in [1.54, 1.807) is 12.1 Å². The molecule has 1 saturated heterocycles. The van der Waals surface area contributed by atoms with Crippen LogP contribution in [0.25, 0.3) is 0 Å². The maximum absolute atomic E-state index is 12.9. The van der Waals surface area contributed by atoms with Gasteiger partial charge in [-0.15, -0.1) is 0 Å². The van der Waals surface area contributed by atoms with Crippen LogP contribution < -0.4 is 15.5 Å². The molecule has 3 rings (SSSR count). The van der Waals surface area contributed by atoms with Crippen LogP contribution in [-0.2, 0) is 6.54 Å². The lowest BCUT2D eigenvalue weighted by Crippen LogP contribution is -2.43. The van der Waals surface area contributed by atoms with Gasteiger partial charge in [-0.25, -0.2) is 4.39 Å². The number of hydrogen-bond donors (Lipinski definition) is 2. The smallest absolute Gasteiger partial charge is 0.123 e. The predicted molar refractivity (Wildman–Crippen MR) is 90.0 cm³/mol. The molecule has 22 heavy (non-hydrogen) atoms. The van der Waals surface area contributed by atoms with E-state index in [1.165, 1.54) is 28.9 Å². The lowest BCUT2D eigenvalue weighted by atomic mass is 10.1. The molecule has 116 valence electrons. The summed E-state index contributed by atoms with van der Waals surface area (Å²) in [6.45, 7) is 7.05. The average Bonchev–Trinajstić information content (AvgIpc) is 2.55. The Morgan fingerprint density at radius 3 is 2.55 bits per heavy atom. The number of rotatable bonds is 4. The van der Waals surface area contributed by atoms with Crippen molar-refractivity contribution in [3.8, 4) is 0 Å². The molecule has 1 aliphatic heterocycles. The second-order valence-corrected chi connectivity index (χ2v) is 5.77. The molecule has 0 radical (unpaired) electrons. The van der Waals surface area contributed by atoms with E-state index < -0.39 is 0 Å². The van der Waals surface area contributed by atoms with Crippen LogP contribution in [0.1, 0.15) is 11.1 Å². The van der Waals surface area contributed by atoms with E-state index in [4.69, 9.17) is 0 Å². The SMILES string of the molecule is Cc1cc(CNc2ccc(F)cc2)cc(N2CCNCC2)c1. The highest BCUT2D eigenvalue weighted by Gasteiger charge is 2.11. The third kappa shape index (κ3) is 3.77. The molecule has 1 aliphatic rings. The Kier molecular flexibility index (Phi) is 4.59. The number of halogens is 1. The highest BCUT2D eigenvalue weighted by atomic mass is 19.1. The highest BCUT2D eigenvalue weighted by molar-refractivity contribution is 5.52. The Labute approximate surface area is 131 Å². The summed E-state index contributed by atoms with van der Waals surface area (Å²) < 4.78 is 12.9. The number of benzene rings is 2. The van der Waals surface area contributed by atoms with E-state index in [0.29, 0.717) is 0 Å². The number of anilines is 2. The van der Waals surface area contributed by atoms with Gasteiger partial charge in [0.2, 0.25) is 0 Å². The van der Waals surface area contributed by atoms with E-state index in [2.05, 4.69) is 40.7 Å². The lowest BCUT2D eigenvalue weighted by Gasteiger charge is -2.30. The number of piperazine rings is 1. The van der Waals surface area contributed by atoms with Gasteiger partial charge >= 0.3 is 0 Å². The topological polar surface area (TPSA) is 27.3 Å². The van der Waals surface area contributed by atoms with Gasteiger partial charge in [-0.3, -0.25) is 0 Å². The van der Waals surface area contributed by atoms with Gasteiger partial charge in [-0.2, -0.15) is 0 Å². The zero-order valence-corrected chi connectivity index (χ0v) is 12.9. The molecule has 0 amide bonds. The van der Waals surface area contributed by atoms with Gasteiger partial charge in [0, 0.05) is 44.1 Å². The number of hydrogen-bond acceptors (Lipinski definition) is 3. The maximum Gasteiger partial charge on any atom is 0.123 e. The molecule has 0 bridgehead atoms. The van der Waals surface area contributed by atoms with Crippen LogP contribution in [0.3, 0.4) is 0 Å². The summed E-state index contributed by atoms with van der Waals surface area (Å²) >= 11 is 0. The Balaban J connectivity index is 1.70. The fourth-order valence-electron chi connectivity index (χ4n) is 2.82. The van der Waals surface area contributed by atoms with Gasteiger partial charge in [0.25, 0.3) is 0 Å². The Bertz CT molecular complexity index is 619. The molecule has 1 heterocycles. The monoisotopic (exact) mass is 299 g/mol. The summed E-state index contributed by atoms with van der Waals surface area (Å²) in [5.74, 6) is -0.206. The van der Waals surface area contributed by atoms with Gasteiger partial charge in [-0.1, -0.05) is 6.07 Å². The molecular formula is C18H22FN3. The minimum atomic E-state index is -0.206. The standard InChI is InChI=1S/C18H22FN3/c1-14-10-15(13-21-17-4-2-16(19)3-5-17)12-18(11-14)22-8-6-20-7-9-22/h2-5,10-12,20-21H,6-9,13H2,1H3. The first kappa shape index (κ1) is 14.9. The van der Waals surface area contributed by atoms with E-state index in [1.807, 2.05) is 0 Å². The Hall–Kier alpha value is -2.07. The fraction of sp³-hybridized carbons (Fsp3) is 0.333. The van der Waals surface area contributed by atoms with Crippen LogP contribution in [0.2, 0.25) is 0 Å². The van der Waals surface area contributed by atoms with Gasteiger partial charge in [0.1, 0.15) is 5.82 Å². The maximum atomic E-state index is 12.9. The number of aryl methyl sites for hydroxylation is 1. The first-order valence-corrected chi connectivity index (χ1v) is 7.76. The molecule has 0 aromatic heterocycles. The minimum Gasteiger partial charge on any atom is -0.381 e. The third-order valence-electron chi connectivity index (χ3n) is 3.94. The summed E-state index contributed by atoms with van der Waals surface area (Å²) in [6.07, 6.45) is 0. The quantitative estimate of drug-likeness (QED) is 0.908. The van der Waals surface area contributed by atoms with Crippen molar-refractivity contribution in [1.82, 2.24) is 5.32 Å². The number of nitrogens with one attached hydrogen (secondary N) is 2. The Morgan fingerprint density at radius 2 is 1.82 bits per heavy atom. The van der Waals surface area contributed by atoms with Crippen molar-refractivity contribution in [3.63, 3.8) is 0 Å². The lowest BCUT2D eigenvalue weighted by molar-refractivity contribution is 0.589. The summed E-state index contributed by atoms with van der Waals surface area (Å²) in [4.78, 5) is 2.42. The van der Waals surface area contributed by atoms with Gasteiger partial charge in [-0.05, 0) is 54.4 Å². The van der Waals surface area contributed by atoms with E-state index >= 15 is 0 Å². The van der Waals surface area contributed by atoms with Crippen LogP contribution >= 0.6 is 0 Å². The van der Waals surface area contributed by atoms with Crippen molar-refractivity contribution in [2.45, 2.75) is 13.5 Å². The summed E-state index contributed by atoms with van der Waals surface area (Å²) in [6, 6.07) is 13.2. The first-order valence-electron chi connectivity index (χ1n) is 7.76. The van der Waals surface area contributed by atoms with Crippen LogP contribution in [0.4, 0.5) is 15.8 Å². The average molecular weight is 299 g/mol. The van der Waals surface area contributed by atoms with Gasteiger partial charge in [0.05, 0.1) is 0 Å². The number of nitrogens with zero attached hydrogens (tertiary/aromatic N) is 1. The third-order valence-corrected chi connectivity index (χ3v) is 3.94. The zero-order valence-electron chi connectivity index (χ0n) is 12.9. The molecule has 0 atom stereocenters. The van der Waals surface area contributed by atoms with Crippen molar-refractivity contribution in [2.24, 2.45) is 0 Å². The highest BCUT2D eigenvalue weighted by Crippen LogP contribution is 2.20. The van der Waals surface area contributed by atoms with E-state index in [0.717, 1.165) is 38.4 Å². The normalized spacial score (nSPS) is 14.9. The first-order chi connectivity index (χ1) is 10.7. The molecule has 2 aromatic rings. The second-order valence-electron chi connectivity index (χ2n) is 5.77. The van der Waals surface area contributed by atoms with Crippen LogP contribution in [-0.4, -0.2) is 26.2 Å². The summed E-state index contributed by atoms with van der Waals surface area (Å²) in [5, 5.41) is 6.73. The van der Waals surface area contributed by atoms with Crippen molar-refractivity contribution in [2.75, 3.05) is 36.4 Å². The van der Waals surface area contributed by atoms with Crippen LogP contribution in [0, 0.1) is 12.7 Å². The molecule has 0 saturated carbocycles. The van der Waals surface area contributed by atoms with Crippen LogP contribution in [0.5, 0.6) is 0 Å². The van der Waals surface area contributed by atoms with Crippen molar-refractivity contribution >= 4 is 11.4 Å². The molecular weight excluding hydrogens is 277 g/mol. The summed E-state index contributed by atoms with van der Waals surface area (Å²) in [5.41, 5.74) is 4.74. The van der Waals surface area contributed by atoms with Gasteiger partial charge in [0.15, 0.2) is 0 Å². The Morgan fingerprint density at radius 1 is 1.09 bits per heavy atom. The fourth-order valence-corrected chi connectivity index (χ4v) is 2.82.